The molecule has 0 bridgehead atoms. The Kier molecular flexibility index (Phi) is 9.53. The number of thiazole rings is 1. The number of thioether (sulfide) groups is 1. The predicted octanol–water partition coefficient (Wildman–Crippen LogP) is -4.26. The molecule has 222 valence electrons. The minimum absolute atomic E-state index is 0. The third-order valence-electron chi connectivity index (χ3n) is 7.74. The molecule has 3 aromatic heterocycles. The van der Waals surface area contributed by atoms with Crippen molar-refractivity contribution in [3.05, 3.63) is 87.4 Å². The number of nitrogens with one attached hydrogen (secondary N) is 1. The van der Waals surface area contributed by atoms with Crippen LogP contribution in [0.25, 0.3) is 10.4 Å². The van der Waals surface area contributed by atoms with E-state index < -0.39 is 18.0 Å². The Bertz CT molecular complexity index is 1740. The number of fused-ring (bicyclic) bond motifs is 2. The molecule has 1 amide bonds. The number of hydrogen-bond acceptors (Lipinski definition) is 6. The van der Waals surface area contributed by atoms with Crippen LogP contribution in [0, 0.1) is 11.8 Å². The van der Waals surface area contributed by atoms with Gasteiger partial charge in [-0.1, -0.05) is 48.2 Å². The Hall–Kier alpha value is -2.78. The Labute approximate surface area is 270 Å². The summed E-state index contributed by atoms with van der Waals surface area (Å²) in [4.78, 5) is 42.3. The van der Waals surface area contributed by atoms with E-state index in [4.69, 9.17) is 0 Å². The van der Waals surface area contributed by atoms with Crippen LogP contribution in [0.15, 0.2) is 70.9 Å². The minimum atomic E-state index is -1.13. The van der Waals surface area contributed by atoms with Gasteiger partial charge in [-0.2, -0.15) is 4.40 Å². The number of imidazole rings is 1. The Morgan fingerprint density at radius 3 is 2.60 bits per heavy atom. The van der Waals surface area contributed by atoms with Crippen molar-refractivity contribution in [2.24, 2.45) is 11.8 Å². The zero-order valence-electron chi connectivity index (χ0n) is 22.9. The average Bonchev–Trinajstić information content (AvgIpc) is 3.52. The van der Waals surface area contributed by atoms with Gasteiger partial charge in [0.05, 0.1) is 35.2 Å². The minimum Gasteiger partial charge on any atom is -1.00 e. The van der Waals surface area contributed by atoms with Gasteiger partial charge in [0.15, 0.2) is 0 Å². The second-order valence-corrected chi connectivity index (χ2v) is 12.2. The molecule has 0 spiro atoms. The van der Waals surface area contributed by atoms with Gasteiger partial charge in [0, 0.05) is 11.5 Å². The van der Waals surface area contributed by atoms with Gasteiger partial charge in [0.1, 0.15) is 25.0 Å². The summed E-state index contributed by atoms with van der Waals surface area (Å²) in [5, 5.41) is 21.3. The number of nitrogens with zero attached hydrogens (tertiary/aromatic N) is 4. The molecule has 1 aromatic carbocycles. The molecule has 0 unspecified atom stereocenters. The molecule has 0 aliphatic carbocycles. The molecule has 4 aromatic rings. The fourth-order valence-electron chi connectivity index (χ4n) is 6.00. The Morgan fingerprint density at radius 2 is 1.95 bits per heavy atom. The summed E-state index contributed by atoms with van der Waals surface area (Å²) in [7, 11) is 0. The van der Waals surface area contributed by atoms with Crippen molar-refractivity contribution in [3.63, 3.8) is 0 Å². The van der Waals surface area contributed by atoms with Crippen LogP contribution < -0.4 is 48.5 Å². The highest BCUT2D eigenvalue weighted by molar-refractivity contribution is 7.98. The van der Waals surface area contributed by atoms with Gasteiger partial charge in [-0.05, 0) is 30.4 Å². The fraction of sp³-hybridized carbons (Fsp3) is 0.321. The van der Waals surface area contributed by atoms with Crippen LogP contribution in [0.3, 0.4) is 0 Å². The van der Waals surface area contributed by atoms with Crippen molar-refractivity contribution >= 4 is 45.4 Å². The zero-order valence-corrected chi connectivity index (χ0v) is 27.7. The van der Waals surface area contributed by atoms with Gasteiger partial charge in [-0.3, -0.25) is 4.79 Å². The van der Waals surface area contributed by atoms with E-state index in [2.05, 4.69) is 27.8 Å². The number of hydrogen-bond donors (Lipinski definition) is 3. The molecular formula is C28H29Br2N5O5S2. The van der Waals surface area contributed by atoms with Crippen molar-refractivity contribution < 1.29 is 62.7 Å². The first-order valence-electron chi connectivity index (χ1n) is 12.9. The first-order valence-corrected chi connectivity index (χ1v) is 14.9. The number of carboxylic acid groups (broad SMARTS) is 1. The fourth-order valence-corrected chi connectivity index (χ4v) is 8.18. The molecule has 1 fully saturated rings. The van der Waals surface area contributed by atoms with Gasteiger partial charge >= 0.3 is 11.5 Å². The van der Waals surface area contributed by atoms with E-state index in [0.29, 0.717) is 18.7 Å². The average molecular weight is 740 g/mol. The van der Waals surface area contributed by atoms with Gasteiger partial charge in [-0.25, -0.2) is 23.7 Å². The molecular weight excluding hydrogens is 710 g/mol. The van der Waals surface area contributed by atoms with E-state index in [1.54, 1.807) is 31.2 Å². The van der Waals surface area contributed by atoms with Crippen LogP contribution in [0.5, 0.6) is 0 Å². The highest BCUT2D eigenvalue weighted by atomic mass is 79.9. The van der Waals surface area contributed by atoms with Crippen LogP contribution in [0.2, 0.25) is 0 Å². The highest BCUT2D eigenvalue weighted by Crippen LogP contribution is 2.51. The maximum Gasteiger partial charge on any atom is 0.352 e. The van der Waals surface area contributed by atoms with E-state index in [9.17, 15) is 24.6 Å². The molecule has 5 heterocycles. The third-order valence-corrected chi connectivity index (χ3v) is 9.82. The molecule has 1 saturated heterocycles. The number of carbonyl (C=O) groups excluding carboxylic acids is 1. The summed E-state index contributed by atoms with van der Waals surface area (Å²) in [6.45, 7) is 4.81. The molecule has 6 rings (SSSR count). The quantitative estimate of drug-likeness (QED) is 0.0957. The molecule has 2 aliphatic heterocycles. The number of β-lactam (4-membered cyclic amide) rings is 1. The predicted molar refractivity (Wildman–Crippen MR) is 149 cm³/mol. The van der Waals surface area contributed by atoms with E-state index in [0.717, 1.165) is 25.9 Å². The number of benzene rings is 1. The van der Waals surface area contributed by atoms with Gasteiger partial charge in [-0.15, -0.1) is 0 Å². The van der Waals surface area contributed by atoms with Crippen LogP contribution in [-0.4, -0.2) is 54.9 Å². The van der Waals surface area contributed by atoms with Crippen molar-refractivity contribution in [2.45, 2.75) is 44.1 Å². The maximum atomic E-state index is 12.7. The Balaban J connectivity index is 0.00000202. The van der Waals surface area contributed by atoms with Gasteiger partial charge < -0.3 is 49.1 Å². The molecule has 0 radical (unpaired) electrons. The second kappa shape index (κ2) is 12.4. The summed E-state index contributed by atoms with van der Waals surface area (Å²) in [6.07, 6.45) is 8.57. The lowest BCUT2D eigenvalue weighted by Crippen LogP contribution is -3.00. The zero-order chi connectivity index (χ0) is 28.3. The number of aromatic amines is 1. The number of H-pyrrole nitrogens is 1. The monoisotopic (exact) mass is 737 g/mol. The first kappa shape index (κ1) is 32.1. The molecule has 0 saturated carbocycles. The lowest BCUT2D eigenvalue weighted by molar-refractivity contribution is -0.691. The number of aliphatic carboxylic acids is 1. The molecule has 42 heavy (non-hydrogen) atoms. The third kappa shape index (κ3) is 5.39. The topological polar surface area (TPSA) is 124 Å². The SMILES string of the molecule is CSc1c2sc(C3=C(C(=O)O)N4C(=O)[C@H]([C@@H](C)O)[C@@H]4[C@H]3C)c[n+]2cn1Cc1cccc(C[n+]2ccc(=O)[nH]c2)c1.[Br-].[Br-]. The maximum absolute atomic E-state index is 12.7. The van der Waals surface area contributed by atoms with Crippen LogP contribution in [0.1, 0.15) is 29.9 Å². The van der Waals surface area contributed by atoms with E-state index in [1.807, 2.05) is 40.7 Å². The summed E-state index contributed by atoms with van der Waals surface area (Å²) in [5.74, 6) is -2.25. The second-order valence-electron chi connectivity index (χ2n) is 10.3. The lowest BCUT2D eigenvalue weighted by Gasteiger charge is -2.46. The number of aromatic nitrogens is 4. The van der Waals surface area contributed by atoms with Crippen molar-refractivity contribution in [2.75, 3.05) is 6.26 Å². The number of aliphatic hydroxyl groups is 1. The normalized spacial score (nSPS) is 20.1. The number of carboxylic acids is 1. The molecule has 4 atom stereocenters. The smallest absolute Gasteiger partial charge is 0.352 e. The van der Waals surface area contributed by atoms with Gasteiger partial charge in [0.25, 0.3) is 6.33 Å². The standard InChI is InChI=1S/C28H27N5O5S2.2BrH/c1-15-21(24(28(37)38)33-23(15)22(16(2)34)25(33)36)19-12-32-14-31(26(39-3)27(32)40-19)11-18-6-4-5-17(9-18)10-30-8-7-20(35)29-13-30;;/h4-9,12-16,22-23,34H,10-11H2,1-3H3;2*1H/t15-,16+,22+,23-;;/m0../s1. The van der Waals surface area contributed by atoms with E-state index in [-0.39, 0.29) is 63.1 Å². The summed E-state index contributed by atoms with van der Waals surface area (Å²) in [5.41, 5.74) is 2.78. The number of carbonyl (C=O) groups is 2. The van der Waals surface area contributed by atoms with Crippen molar-refractivity contribution in [3.8, 4) is 0 Å². The molecule has 10 nitrogen and oxygen atoms in total. The summed E-state index contributed by atoms with van der Waals surface area (Å²) in [6, 6.07) is 9.47. The lowest BCUT2D eigenvalue weighted by atomic mass is 9.77. The van der Waals surface area contributed by atoms with Gasteiger partial charge in [0.2, 0.25) is 22.1 Å². The van der Waals surface area contributed by atoms with E-state index in [1.165, 1.54) is 22.3 Å². The van der Waals surface area contributed by atoms with Crippen molar-refractivity contribution in [1.29, 1.82) is 0 Å². The molecule has 3 N–H and O–H groups in total. The van der Waals surface area contributed by atoms with E-state index >= 15 is 0 Å². The summed E-state index contributed by atoms with van der Waals surface area (Å²) < 4.78 is 6.12. The Morgan fingerprint density at radius 1 is 1.21 bits per heavy atom. The number of rotatable bonds is 8. The summed E-state index contributed by atoms with van der Waals surface area (Å²) >= 11 is 3.14. The van der Waals surface area contributed by atoms with Crippen molar-refractivity contribution in [1.82, 2.24) is 14.5 Å². The number of aliphatic hydroxyl groups excluding tert-OH is 1. The van der Waals surface area contributed by atoms with Crippen LogP contribution in [0.4, 0.5) is 0 Å². The first-order chi connectivity index (χ1) is 19.2. The number of halogens is 2. The van der Waals surface area contributed by atoms with Crippen LogP contribution >= 0.6 is 23.1 Å². The number of amides is 1. The highest BCUT2D eigenvalue weighted by Gasteiger charge is 2.60. The molecule has 14 heteroatoms. The van der Waals surface area contributed by atoms with Crippen LogP contribution in [-0.2, 0) is 22.7 Å². The largest absolute Gasteiger partial charge is 1.00 e. The molecule has 2 aliphatic rings.